The molecule has 1 aliphatic carbocycles. The number of nitrogens with one attached hydrogen (secondary N) is 1. The topological polar surface area (TPSA) is 81.7 Å². The lowest BCUT2D eigenvalue weighted by Crippen LogP contribution is -2.39. The van der Waals surface area contributed by atoms with Crippen LogP contribution in [0.5, 0.6) is 5.75 Å². The average Bonchev–Trinajstić information content (AvgIpc) is 2.77. The lowest BCUT2D eigenvalue weighted by Gasteiger charge is -2.27. The Morgan fingerprint density at radius 1 is 1.10 bits per heavy atom. The Morgan fingerprint density at radius 2 is 1.83 bits per heavy atom. The van der Waals surface area contributed by atoms with Gasteiger partial charge in [0.25, 0.3) is 5.91 Å². The fourth-order valence-corrected chi connectivity index (χ4v) is 3.56. The predicted octanol–water partition coefficient (Wildman–Crippen LogP) is 3.78. The van der Waals surface area contributed by atoms with E-state index in [0.29, 0.717) is 17.7 Å². The standard InChI is InChI=1S/C24H27NO5/c1-3-22(26)18-11-13-19(14-12-18)29-15-23(27)30-16(2)24(28)25-21-10-6-8-17-7-4-5-9-20(17)21/h4-5,7,9,11-14,16,21H,3,6,8,10,15H2,1-2H3,(H,25,28)/t16-,21+/m0/s1. The Hall–Kier alpha value is -3.15. The second kappa shape index (κ2) is 10.1. The third-order valence-corrected chi connectivity index (χ3v) is 5.22. The maximum atomic E-state index is 12.5. The molecule has 0 bridgehead atoms. The number of aryl methyl sites for hydroxylation is 1. The highest BCUT2D eigenvalue weighted by Gasteiger charge is 2.25. The van der Waals surface area contributed by atoms with Gasteiger partial charge in [-0.3, -0.25) is 9.59 Å². The molecule has 30 heavy (non-hydrogen) atoms. The van der Waals surface area contributed by atoms with Gasteiger partial charge in [0.2, 0.25) is 0 Å². The van der Waals surface area contributed by atoms with Gasteiger partial charge in [0.15, 0.2) is 18.5 Å². The average molecular weight is 409 g/mol. The number of ether oxygens (including phenoxy) is 2. The van der Waals surface area contributed by atoms with Crippen molar-refractivity contribution in [3.63, 3.8) is 0 Å². The van der Waals surface area contributed by atoms with Crippen molar-refractivity contribution in [1.29, 1.82) is 0 Å². The number of carbonyl (C=O) groups is 3. The molecule has 158 valence electrons. The van der Waals surface area contributed by atoms with Gasteiger partial charge in [0.05, 0.1) is 6.04 Å². The van der Waals surface area contributed by atoms with E-state index in [0.717, 1.165) is 24.8 Å². The van der Waals surface area contributed by atoms with Gasteiger partial charge in [-0.15, -0.1) is 0 Å². The quantitative estimate of drug-likeness (QED) is 0.530. The van der Waals surface area contributed by atoms with Crippen molar-refractivity contribution >= 4 is 17.7 Å². The predicted molar refractivity (Wildman–Crippen MR) is 112 cm³/mol. The SMILES string of the molecule is CCC(=O)c1ccc(OCC(=O)O[C@@H](C)C(=O)N[C@@H]2CCCc3ccccc32)cc1. The molecule has 0 spiro atoms. The molecule has 6 heteroatoms. The largest absolute Gasteiger partial charge is 0.482 e. The minimum atomic E-state index is -0.917. The molecule has 3 rings (SSSR count). The van der Waals surface area contributed by atoms with Crippen molar-refractivity contribution in [2.24, 2.45) is 0 Å². The van der Waals surface area contributed by atoms with Gasteiger partial charge in [-0.05, 0) is 61.6 Å². The first-order valence-electron chi connectivity index (χ1n) is 10.3. The van der Waals surface area contributed by atoms with Crippen molar-refractivity contribution in [1.82, 2.24) is 5.32 Å². The van der Waals surface area contributed by atoms with Crippen LogP contribution in [0.3, 0.4) is 0 Å². The van der Waals surface area contributed by atoms with Crippen LogP contribution in [0.2, 0.25) is 0 Å². The molecule has 1 N–H and O–H groups in total. The lowest BCUT2D eigenvalue weighted by atomic mass is 9.87. The highest BCUT2D eigenvalue weighted by atomic mass is 16.6. The Bertz CT molecular complexity index is 906. The maximum absolute atomic E-state index is 12.5. The maximum Gasteiger partial charge on any atom is 0.344 e. The Kier molecular flexibility index (Phi) is 7.22. The van der Waals surface area contributed by atoms with E-state index < -0.39 is 12.1 Å². The fraction of sp³-hybridized carbons (Fsp3) is 0.375. The van der Waals surface area contributed by atoms with Crippen LogP contribution < -0.4 is 10.1 Å². The molecule has 2 aromatic carbocycles. The summed E-state index contributed by atoms with van der Waals surface area (Å²) in [5.74, 6) is -0.459. The van der Waals surface area contributed by atoms with Crippen LogP contribution in [0.4, 0.5) is 0 Å². The Balaban J connectivity index is 1.47. The number of fused-ring (bicyclic) bond motifs is 1. The monoisotopic (exact) mass is 409 g/mol. The number of benzene rings is 2. The molecule has 0 saturated heterocycles. The van der Waals surface area contributed by atoms with Crippen LogP contribution in [-0.4, -0.2) is 30.4 Å². The molecule has 0 saturated carbocycles. The summed E-state index contributed by atoms with van der Waals surface area (Å²) in [5.41, 5.74) is 2.98. The number of esters is 1. The summed E-state index contributed by atoms with van der Waals surface area (Å²) >= 11 is 0. The summed E-state index contributed by atoms with van der Waals surface area (Å²) in [5, 5.41) is 2.99. The Morgan fingerprint density at radius 3 is 2.57 bits per heavy atom. The number of hydrogen-bond acceptors (Lipinski definition) is 5. The van der Waals surface area contributed by atoms with E-state index in [9.17, 15) is 14.4 Å². The van der Waals surface area contributed by atoms with Crippen LogP contribution >= 0.6 is 0 Å². The first-order chi connectivity index (χ1) is 14.5. The number of ketones is 1. The van der Waals surface area contributed by atoms with E-state index >= 15 is 0 Å². The van der Waals surface area contributed by atoms with E-state index in [4.69, 9.17) is 9.47 Å². The highest BCUT2D eigenvalue weighted by Crippen LogP contribution is 2.29. The molecular weight excluding hydrogens is 382 g/mol. The van der Waals surface area contributed by atoms with E-state index in [1.54, 1.807) is 38.1 Å². The molecule has 0 aromatic heterocycles. The number of hydrogen-bond donors (Lipinski definition) is 1. The molecule has 2 aromatic rings. The van der Waals surface area contributed by atoms with Gasteiger partial charge in [-0.1, -0.05) is 31.2 Å². The van der Waals surface area contributed by atoms with E-state index in [1.807, 2.05) is 18.2 Å². The van der Waals surface area contributed by atoms with Crippen molar-refractivity contribution in [2.75, 3.05) is 6.61 Å². The van der Waals surface area contributed by atoms with Crippen LogP contribution in [0.15, 0.2) is 48.5 Å². The molecule has 2 atom stereocenters. The van der Waals surface area contributed by atoms with Gasteiger partial charge in [0, 0.05) is 12.0 Å². The summed E-state index contributed by atoms with van der Waals surface area (Å²) in [4.78, 5) is 36.2. The third-order valence-electron chi connectivity index (χ3n) is 5.22. The zero-order valence-corrected chi connectivity index (χ0v) is 17.4. The summed E-state index contributed by atoms with van der Waals surface area (Å²) in [6.45, 7) is 3.03. The van der Waals surface area contributed by atoms with Crippen LogP contribution in [0.25, 0.3) is 0 Å². The number of Topliss-reactive ketones (excluding diaryl/α,β-unsaturated/α-hetero) is 1. The molecule has 0 radical (unpaired) electrons. The summed E-state index contributed by atoms with van der Waals surface area (Å²) < 4.78 is 10.6. The van der Waals surface area contributed by atoms with Crippen LogP contribution in [0.1, 0.15) is 60.6 Å². The lowest BCUT2D eigenvalue weighted by molar-refractivity contribution is -0.156. The molecule has 1 amide bonds. The summed E-state index contributed by atoms with van der Waals surface area (Å²) in [7, 11) is 0. The van der Waals surface area contributed by atoms with Gasteiger partial charge in [-0.25, -0.2) is 4.79 Å². The second-order valence-electron chi connectivity index (χ2n) is 7.37. The summed E-state index contributed by atoms with van der Waals surface area (Å²) in [6.07, 6.45) is 2.40. The Labute approximate surface area is 176 Å². The van der Waals surface area contributed by atoms with Crippen molar-refractivity contribution in [3.05, 3.63) is 65.2 Å². The summed E-state index contributed by atoms with van der Waals surface area (Å²) in [6, 6.07) is 14.6. The van der Waals surface area contributed by atoms with Crippen molar-refractivity contribution in [3.8, 4) is 5.75 Å². The number of carbonyl (C=O) groups excluding carboxylic acids is 3. The normalized spacial score (nSPS) is 16.1. The number of rotatable bonds is 8. The second-order valence-corrected chi connectivity index (χ2v) is 7.37. The molecule has 0 heterocycles. The molecule has 6 nitrogen and oxygen atoms in total. The fourth-order valence-electron chi connectivity index (χ4n) is 3.56. The highest BCUT2D eigenvalue weighted by molar-refractivity contribution is 5.95. The molecular formula is C24H27NO5. The van der Waals surface area contributed by atoms with Crippen molar-refractivity contribution < 1.29 is 23.9 Å². The third kappa shape index (κ3) is 5.47. The number of amides is 1. The zero-order valence-electron chi connectivity index (χ0n) is 17.4. The zero-order chi connectivity index (χ0) is 21.5. The van der Waals surface area contributed by atoms with Gasteiger partial charge < -0.3 is 14.8 Å². The van der Waals surface area contributed by atoms with Crippen LogP contribution in [0, 0.1) is 0 Å². The van der Waals surface area contributed by atoms with Gasteiger partial charge in [-0.2, -0.15) is 0 Å². The smallest absolute Gasteiger partial charge is 0.344 e. The van der Waals surface area contributed by atoms with E-state index in [2.05, 4.69) is 11.4 Å². The van der Waals surface area contributed by atoms with Crippen LogP contribution in [-0.2, 0) is 20.7 Å². The van der Waals surface area contributed by atoms with Crippen molar-refractivity contribution in [2.45, 2.75) is 51.7 Å². The molecule has 1 aliphatic rings. The minimum absolute atomic E-state index is 0.0430. The molecule has 0 unspecified atom stereocenters. The molecule has 0 aliphatic heterocycles. The van der Waals surface area contributed by atoms with Gasteiger partial charge in [0.1, 0.15) is 5.75 Å². The van der Waals surface area contributed by atoms with E-state index in [-0.39, 0.29) is 24.3 Å². The van der Waals surface area contributed by atoms with Gasteiger partial charge >= 0.3 is 5.97 Å². The first kappa shape index (κ1) is 21.6. The molecule has 0 fully saturated rings. The first-order valence-corrected chi connectivity index (χ1v) is 10.3. The minimum Gasteiger partial charge on any atom is -0.482 e. The van der Waals surface area contributed by atoms with E-state index in [1.165, 1.54) is 5.56 Å².